The van der Waals surface area contributed by atoms with Crippen molar-refractivity contribution in [1.82, 2.24) is 10.2 Å². The van der Waals surface area contributed by atoms with Crippen molar-refractivity contribution < 1.29 is 27.5 Å². The van der Waals surface area contributed by atoms with Crippen LogP contribution in [0.3, 0.4) is 0 Å². The van der Waals surface area contributed by atoms with Gasteiger partial charge in [-0.1, -0.05) is 37.3 Å². The number of amides is 2. The molecule has 1 N–H and O–H groups in total. The van der Waals surface area contributed by atoms with Gasteiger partial charge in [0.15, 0.2) is 11.5 Å². The Morgan fingerprint density at radius 1 is 1.06 bits per heavy atom. The number of rotatable bonds is 12. The Kier molecular flexibility index (Phi) is 9.19. The third kappa shape index (κ3) is 7.13. The molecular formula is C26H35N3O6S. The maximum absolute atomic E-state index is 13.3. The molecule has 10 heteroatoms. The summed E-state index contributed by atoms with van der Waals surface area (Å²) in [5.41, 5.74) is 1.35. The Morgan fingerprint density at radius 2 is 1.75 bits per heavy atom. The number of benzene rings is 2. The number of anilines is 1. The zero-order valence-corrected chi connectivity index (χ0v) is 22.1. The fourth-order valence-electron chi connectivity index (χ4n) is 3.87. The van der Waals surface area contributed by atoms with Crippen LogP contribution in [0.1, 0.15) is 45.6 Å². The molecule has 1 aliphatic rings. The van der Waals surface area contributed by atoms with Crippen LogP contribution in [0.2, 0.25) is 0 Å². The number of carbonyl (C=O) groups is 2. The van der Waals surface area contributed by atoms with Gasteiger partial charge in [-0.3, -0.25) is 13.9 Å². The van der Waals surface area contributed by atoms with E-state index < -0.39 is 16.1 Å². The Hall–Kier alpha value is -3.27. The summed E-state index contributed by atoms with van der Waals surface area (Å²) in [6.07, 6.45) is 2.28. The first-order valence-corrected chi connectivity index (χ1v) is 14.0. The Morgan fingerprint density at radius 3 is 2.42 bits per heavy atom. The fourth-order valence-corrected chi connectivity index (χ4v) is 4.83. The van der Waals surface area contributed by atoms with Crippen molar-refractivity contribution in [2.45, 2.75) is 58.7 Å². The molecule has 2 aromatic rings. The highest BCUT2D eigenvalue weighted by atomic mass is 32.2. The lowest BCUT2D eigenvalue weighted by Crippen LogP contribution is -2.49. The molecule has 0 aromatic heterocycles. The van der Waals surface area contributed by atoms with Crippen LogP contribution in [0, 0.1) is 0 Å². The summed E-state index contributed by atoms with van der Waals surface area (Å²) in [7, 11) is -3.60. The average molecular weight is 518 g/mol. The van der Waals surface area contributed by atoms with Gasteiger partial charge in [0.1, 0.15) is 6.04 Å². The molecule has 9 nitrogen and oxygen atoms in total. The SMILES string of the molecule is CC[C@H](C)NC(=O)[C@@H](C)N(Cc1ccccc1)C(=O)CCCN(c1ccc2c(c1)OCO2)S(C)(=O)=O. The highest BCUT2D eigenvalue weighted by molar-refractivity contribution is 7.92. The van der Waals surface area contributed by atoms with Crippen LogP contribution in [0.15, 0.2) is 48.5 Å². The molecule has 0 radical (unpaired) electrons. The number of nitrogens with zero attached hydrogens (tertiary/aromatic N) is 2. The van der Waals surface area contributed by atoms with Crippen LogP contribution in [0.5, 0.6) is 11.5 Å². The number of sulfonamides is 1. The number of carbonyl (C=O) groups excluding carboxylic acids is 2. The van der Waals surface area contributed by atoms with Crippen molar-refractivity contribution in [3.63, 3.8) is 0 Å². The highest BCUT2D eigenvalue weighted by Gasteiger charge is 2.27. The smallest absolute Gasteiger partial charge is 0.242 e. The topological polar surface area (TPSA) is 105 Å². The molecule has 2 aromatic carbocycles. The van der Waals surface area contributed by atoms with E-state index in [0.29, 0.717) is 17.2 Å². The minimum absolute atomic E-state index is 0.00125. The first-order valence-electron chi connectivity index (χ1n) is 12.1. The number of hydrogen-bond acceptors (Lipinski definition) is 6. The lowest BCUT2D eigenvalue weighted by atomic mass is 10.1. The van der Waals surface area contributed by atoms with E-state index in [-0.39, 0.29) is 50.6 Å². The summed E-state index contributed by atoms with van der Waals surface area (Å²) in [6, 6.07) is 13.7. The molecule has 0 unspecified atom stereocenters. The summed E-state index contributed by atoms with van der Waals surface area (Å²) >= 11 is 0. The molecule has 0 fully saturated rings. The van der Waals surface area contributed by atoms with Crippen molar-refractivity contribution in [1.29, 1.82) is 0 Å². The molecule has 0 saturated heterocycles. The lowest BCUT2D eigenvalue weighted by molar-refractivity contribution is -0.140. The van der Waals surface area contributed by atoms with Gasteiger partial charge in [0.2, 0.25) is 28.6 Å². The van der Waals surface area contributed by atoms with E-state index >= 15 is 0 Å². The standard InChI is InChI=1S/C26H35N3O6S/c1-5-19(2)27-26(31)20(3)28(17-21-10-7-6-8-11-21)25(30)12-9-15-29(36(4,32)33)22-13-14-23-24(16-22)35-18-34-23/h6-8,10-11,13-14,16,19-20H,5,9,12,15,17-18H2,1-4H3,(H,27,31)/t19-,20+/m0/s1. The normalized spacial score (nSPS) is 14.1. The van der Waals surface area contributed by atoms with E-state index in [9.17, 15) is 18.0 Å². The maximum atomic E-state index is 13.3. The number of fused-ring (bicyclic) bond motifs is 1. The van der Waals surface area contributed by atoms with E-state index in [1.54, 1.807) is 30.0 Å². The zero-order valence-electron chi connectivity index (χ0n) is 21.3. The summed E-state index contributed by atoms with van der Waals surface area (Å²) in [6.45, 7) is 6.10. The Bertz CT molecular complexity index is 1160. The second-order valence-electron chi connectivity index (χ2n) is 8.98. The van der Waals surface area contributed by atoms with Gasteiger partial charge in [0, 0.05) is 31.6 Å². The molecule has 2 atom stereocenters. The monoisotopic (exact) mass is 517 g/mol. The minimum Gasteiger partial charge on any atom is -0.454 e. The first-order chi connectivity index (χ1) is 17.1. The number of nitrogens with one attached hydrogen (secondary N) is 1. The van der Waals surface area contributed by atoms with Gasteiger partial charge in [-0.2, -0.15) is 0 Å². The van der Waals surface area contributed by atoms with Crippen molar-refractivity contribution >= 4 is 27.5 Å². The molecule has 0 saturated carbocycles. The van der Waals surface area contributed by atoms with Gasteiger partial charge >= 0.3 is 0 Å². The number of ether oxygens (including phenoxy) is 2. The predicted octanol–water partition coefficient (Wildman–Crippen LogP) is 3.29. The lowest BCUT2D eigenvalue weighted by Gasteiger charge is -2.30. The summed E-state index contributed by atoms with van der Waals surface area (Å²) in [4.78, 5) is 27.7. The molecule has 1 aliphatic heterocycles. The zero-order chi connectivity index (χ0) is 26.3. The third-order valence-electron chi connectivity index (χ3n) is 6.16. The van der Waals surface area contributed by atoms with E-state index in [2.05, 4.69) is 5.32 Å². The molecule has 3 rings (SSSR count). The van der Waals surface area contributed by atoms with E-state index in [0.717, 1.165) is 18.2 Å². The van der Waals surface area contributed by atoms with Crippen molar-refractivity contribution in [3.05, 3.63) is 54.1 Å². The molecule has 0 bridgehead atoms. The van der Waals surface area contributed by atoms with Crippen LogP contribution in [-0.4, -0.2) is 56.8 Å². The molecule has 196 valence electrons. The van der Waals surface area contributed by atoms with Crippen LogP contribution in [0.25, 0.3) is 0 Å². The summed E-state index contributed by atoms with van der Waals surface area (Å²) < 4.78 is 37.0. The third-order valence-corrected chi connectivity index (χ3v) is 7.35. The average Bonchev–Trinajstić information content (AvgIpc) is 3.32. The predicted molar refractivity (Wildman–Crippen MR) is 138 cm³/mol. The van der Waals surface area contributed by atoms with E-state index in [1.807, 2.05) is 44.2 Å². The van der Waals surface area contributed by atoms with Crippen LogP contribution < -0.4 is 19.1 Å². The second-order valence-corrected chi connectivity index (χ2v) is 10.9. The van der Waals surface area contributed by atoms with Gasteiger partial charge in [-0.25, -0.2) is 8.42 Å². The van der Waals surface area contributed by atoms with Crippen molar-refractivity contribution in [2.24, 2.45) is 0 Å². The van der Waals surface area contributed by atoms with Crippen LogP contribution in [-0.2, 0) is 26.2 Å². The van der Waals surface area contributed by atoms with Crippen molar-refractivity contribution in [3.8, 4) is 11.5 Å². The molecule has 0 aliphatic carbocycles. The largest absolute Gasteiger partial charge is 0.454 e. The summed E-state index contributed by atoms with van der Waals surface area (Å²) in [5, 5.41) is 2.94. The Balaban J connectivity index is 1.71. The van der Waals surface area contributed by atoms with Crippen molar-refractivity contribution in [2.75, 3.05) is 23.9 Å². The van der Waals surface area contributed by atoms with Crippen LogP contribution >= 0.6 is 0 Å². The molecule has 2 amide bonds. The van der Waals surface area contributed by atoms with Gasteiger partial charge in [0.25, 0.3) is 0 Å². The maximum Gasteiger partial charge on any atom is 0.242 e. The van der Waals surface area contributed by atoms with Crippen LogP contribution in [0.4, 0.5) is 5.69 Å². The number of hydrogen-bond donors (Lipinski definition) is 1. The minimum atomic E-state index is -3.60. The molecule has 1 heterocycles. The molecule has 36 heavy (non-hydrogen) atoms. The van der Waals surface area contributed by atoms with Gasteiger partial charge in [-0.15, -0.1) is 0 Å². The fraction of sp³-hybridized carbons (Fsp3) is 0.462. The van der Waals surface area contributed by atoms with E-state index in [4.69, 9.17) is 9.47 Å². The second kappa shape index (κ2) is 12.1. The highest BCUT2D eigenvalue weighted by Crippen LogP contribution is 2.36. The first kappa shape index (κ1) is 27.3. The molecule has 0 spiro atoms. The van der Waals surface area contributed by atoms with E-state index in [1.165, 1.54) is 4.31 Å². The Labute approximate surface area is 213 Å². The quantitative estimate of drug-likeness (QED) is 0.463. The molecular weight excluding hydrogens is 482 g/mol. The van der Waals surface area contributed by atoms with Gasteiger partial charge < -0.3 is 19.7 Å². The van der Waals surface area contributed by atoms with Gasteiger partial charge in [0.05, 0.1) is 11.9 Å². The van der Waals surface area contributed by atoms with Gasteiger partial charge in [-0.05, 0) is 44.4 Å². The summed E-state index contributed by atoms with van der Waals surface area (Å²) in [5.74, 6) is 0.604.